The third-order valence-electron chi connectivity index (χ3n) is 3.13. The fourth-order valence-electron chi connectivity index (χ4n) is 1.99. The number of nitrogens with zero attached hydrogens (tertiary/aromatic N) is 3. The maximum Gasteiger partial charge on any atom is 0.157 e. The summed E-state index contributed by atoms with van der Waals surface area (Å²) in [6.07, 6.45) is 1.54. The lowest BCUT2D eigenvalue weighted by Crippen LogP contribution is -2.01. The Labute approximate surface area is 131 Å². The first-order chi connectivity index (χ1) is 10.2. The molecular formula is C16H13BrN4. The first-order valence-corrected chi connectivity index (χ1v) is 7.29. The van der Waals surface area contributed by atoms with Crippen molar-refractivity contribution >= 4 is 38.4 Å². The molecule has 0 radical (unpaired) electrons. The largest absolute Gasteiger partial charge is 0.260 e. The van der Waals surface area contributed by atoms with Crippen LogP contribution in [0.1, 0.15) is 12.5 Å². The van der Waals surface area contributed by atoms with Crippen LogP contribution in [0.15, 0.2) is 64.4 Å². The molecule has 4 nitrogen and oxygen atoms in total. The topological polar surface area (TPSA) is 50.2 Å². The van der Waals surface area contributed by atoms with Crippen LogP contribution < -0.4 is 5.43 Å². The summed E-state index contributed by atoms with van der Waals surface area (Å²) in [6, 6.07) is 15.9. The average Bonchev–Trinajstić information content (AvgIpc) is 2.53. The molecular weight excluding hydrogens is 328 g/mol. The van der Waals surface area contributed by atoms with Crippen LogP contribution in [0.5, 0.6) is 0 Å². The van der Waals surface area contributed by atoms with Gasteiger partial charge in [0, 0.05) is 9.86 Å². The van der Waals surface area contributed by atoms with Crippen LogP contribution in [-0.2, 0) is 0 Å². The number of benzene rings is 2. The van der Waals surface area contributed by atoms with Gasteiger partial charge in [-0.3, -0.25) is 5.43 Å². The van der Waals surface area contributed by atoms with Crippen LogP contribution in [0, 0.1) is 0 Å². The van der Waals surface area contributed by atoms with Crippen LogP contribution in [0.3, 0.4) is 0 Å². The summed E-state index contributed by atoms with van der Waals surface area (Å²) in [4.78, 5) is 8.48. The number of nitrogens with one attached hydrogen (secondary N) is 1. The van der Waals surface area contributed by atoms with Gasteiger partial charge in [-0.25, -0.2) is 9.97 Å². The van der Waals surface area contributed by atoms with E-state index in [1.807, 2.05) is 55.5 Å². The highest BCUT2D eigenvalue weighted by atomic mass is 79.9. The number of hydrogen-bond donors (Lipinski definition) is 1. The van der Waals surface area contributed by atoms with Gasteiger partial charge in [-0.05, 0) is 36.8 Å². The van der Waals surface area contributed by atoms with Gasteiger partial charge in [-0.1, -0.05) is 40.2 Å². The van der Waals surface area contributed by atoms with E-state index >= 15 is 0 Å². The van der Waals surface area contributed by atoms with E-state index in [-0.39, 0.29) is 0 Å². The number of fused-ring (bicyclic) bond motifs is 1. The second-order valence-corrected chi connectivity index (χ2v) is 5.47. The molecule has 3 rings (SSSR count). The van der Waals surface area contributed by atoms with Gasteiger partial charge in [0.15, 0.2) is 5.82 Å². The summed E-state index contributed by atoms with van der Waals surface area (Å²) in [7, 11) is 0. The highest BCUT2D eigenvalue weighted by Gasteiger charge is 2.02. The third-order valence-corrected chi connectivity index (χ3v) is 3.66. The zero-order valence-electron chi connectivity index (χ0n) is 11.4. The van der Waals surface area contributed by atoms with E-state index in [1.54, 1.807) is 0 Å². The minimum absolute atomic E-state index is 0.706. The highest BCUT2D eigenvalue weighted by Crippen LogP contribution is 2.18. The standard InChI is InChI=1S/C16H13BrN4/c1-11(12-6-8-13(17)9-7-12)20-21-16-14-4-2-3-5-15(14)18-10-19-16/h2-10H,1H3,(H,18,19,21)/b20-11-. The first-order valence-electron chi connectivity index (χ1n) is 6.50. The van der Waals surface area contributed by atoms with E-state index in [0.29, 0.717) is 5.82 Å². The number of hydrogen-bond acceptors (Lipinski definition) is 4. The van der Waals surface area contributed by atoms with Crippen LogP contribution >= 0.6 is 15.9 Å². The summed E-state index contributed by atoms with van der Waals surface area (Å²) < 4.78 is 1.05. The van der Waals surface area contributed by atoms with Gasteiger partial charge in [-0.15, -0.1) is 0 Å². The molecule has 104 valence electrons. The van der Waals surface area contributed by atoms with Gasteiger partial charge < -0.3 is 0 Å². The molecule has 0 aliphatic rings. The lowest BCUT2D eigenvalue weighted by molar-refractivity contribution is 1.18. The quantitative estimate of drug-likeness (QED) is 0.573. The molecule has 0 atom stereocenters. The summed E-state index contributed by atoms with van der Waals surface area (Å²) in [5.74, 6) is 0.706. The van der Waals surface area contributed by atoms with Gasteiger partial charge in [0.1, 0.15) is 6.33 Å². The minimum Gasteiger partial charge on any atom is -0.260 e. The first kappa shape index (κ1) is 13.7. The molecule has 0 bridgehead atoms. The second kappa shape index (κ2) is 6.01. The van der Waals surface area contributed by atoms with Crippen molar-refractivity contribution in [2.75, 3.05) is 5.43 Å². The van der Waals surface area contributed by atoms with E-state index in [2.05, 4.69) is 36.4 Å². The Morgan fingerprint density at radius 3 is 2.62 bits per heavy atom. The summed E-state index contributed by atoms with van der Waals surface area (Å²) in [6.45, 7) is 1.96. The molecule has 0 saturated carbocycles. The molecule has 1 heterocycles. The van der Waals surface area contributed by atoms with Crippen LogP contribution in [0.4, 0.5) is 5.82 Å². The molecule has 21 heavy (non-hydrogen) atoms. The number of anilines is 1. The maximum absolute atomic E-state index is 4.41. The molecule has 0 saturated heterocycles. The molecule has 0 unspecified atom stereocenters. The fourth-order valence-corrected chi connectivity index (χ4v) is 2.25. The molecule has 0 aliphatic carbocycles. The Hall–Kier alpha value is -2.27. The van der Waals surface area contributed by atoms with E-state index in [9.17, 15) is 0 Å². The van der Waals surface area contributed by atoms with E-state index in [4.69, 9.17) is 0 Å². The molecule has 0 spiro atoms. The van der Waals surface area contributed by atoms with Gasteiger partial charge in [0.05, 0.1) is 11.2 Å². The van der Waals surface area contributed by atoms with Gasteiger partial charge in [0.2, 0.25) is 0 Å². The normalized spacial score (nSPS) is 11.6. The van der Waals surface area contributed by atoms with E-state index in [0.717, 1.165) is 26.7 Å². The van der Waals surface area contributed by atoms with Crippen molar-refractivity contribution in [3.63, 3.8) is 0 Å². The molecule has 0 amide bonds. The fraction of sp³-hybridized carbons (Fsp3) is 0.0625. The van der Waals surface area contributed by atoms with Crippen molar-refractivity contribution in [1.82, 2.24) is 9.97 Å². The zero-order valence-corrected chi connectivity index (χ0v) is 13.0. The lowest BCUT2D eigenvalue weighted by Gasteiger charge is -2.05. The average molecular weight is 341 g/mol. The Balaban J connectivity index is 1.88. The van der Waals surface area contributed by atoms with Crippen molar-refractivity contribution in [1.29, 1.82) is 0 Å². The van der Waals surface area contributed by atoms with Crippen molar-refractivity contribution in [3.05, 3.63) is 64.9 Å². The predicted octanol–water partition coefficient (Wildman–Crippen LogP) is 4.23. The van der Waals surface area contributed by atoms with Gasteiger partial charge >= 0.3 is 0 Å². The Morgan fingerprint density at radius 1 is 1.05 bits per heavy atom. The van der Waals surface area contributed by atoms with E-state index < -0.39 is 0 Å². The molecule has 0 fully saturated rings. The SMILES string of the molecule is C/C(=N/Nc1ncnc2ccccc12)c1ccc(Br)cc1. The Kier molecular flexibility index (Phi) is 3.92. The second-order valence-electron chi connectivity index (χ2n) is 4.56. The molecule has 1 N–H and O–H groups in total. The summed E-state index contributed by atoms with van der Waals surface area (Å²) in [5.41, 5.74) is 5.87. The van der Waals surface area contributed by atoms with E-state index in [1.165, 1.54) is 6.33 Å². The number of para-hydroxylation sites is 1. The summed E-state index contributed by atoms with van der Waals surface area (Å²) in [5, 5.41) is 5.36. The van der Waals surface area contributed by atoms with Crippen LogP contribution in [-0.4, -0.2) is 15.7 Å². The summed E-state index contributed by atoms with van der Waals surface area (Å²) >= 11 is 3.42. The number of aromatic nitrogens is 2. The molecule has 3 aromatic rings. The lowest BCUT2D eigenvalue weighted by atomic mass is 10.1. The number of hydrazone groups is 1. The third kappa shape index (κ3) is 3.08. The van der Waals surface area contributed by atoms with Crippen LogP contribution in [0.25, 0.3) is 10.9 Å². The van der Waals surface area contributed by atoms with Crippen molar-refractivity contribution < 1.29 is 0 Å². The predicted molar refractivity (Wildman–Crippen MR) is 89.5 cm³/mol. The van der Waals surface area contributed by atoms with Crippen molar-refractivity contribution in [3.8, 4) is 0 Å². The zero-order chi connectivity index (χ0) is 14.7. The molecule has 0 aliphatic heterocycles. The molecule has 5 heteroatoms. The minimum atomic E-state index is 0.706. The van der Waals surface area contributed by atoms with Crippen molar-refractivity contribution in [2.45, 2.75) is 6.92 Å². The Morgan fingerprint density at radius 2 is 1.81 bits per heavy atom. The maximum atomic E-state index is 4.41. The van der Waals surface area contributed by atoms with Gasteiger partial charge in [0.25, 0.3) is 0 Å². The van der Waals surface area contributed by atoms with Gasteiger partial charge in [-0.2, -0.15) is 5.10 Å². The smallest absolute Gasteiger partial charge is 0.157 e. The monoisotopic (exact) mass is 340 g/mol. The number of rotatable bonds is 3. The number of halogens is 1. The molecule has 1 aromatic heterocycles. The van der Waals surface area contributed by atoms with Crippen LogP contribution in [0.2, 0.25) is 0 Å². The Bertz CT molecular complexity index is 791. The highest BCUT2D eigenvalue weighted by molar-refractivity contribution is 9.10. The van der Waals surface area contributed by atoms with Crippen molar-refractivity contribution in [2.24, 2.45) is 5.10 Å². The molecule has 2 aromatic carbocycles.